The Morgan fingerprint density at radius 2 is 1.92 bits per heavy atom. The van der Waals surface area contributed by atoms with E-state index in [9.17, 15) is 9.59 Å². The van der Waals surface area contributed by atoms with Gasteiger partial charge in [0.1, 0.15) is 0 Å². The first-order chi connectivity index (χ1) is 11.5. The average Bonchev–Trinajstić information content (AvgIpc) is 2.61. The molecule has 2 amide bonds. The Balaban J connectivity index is 1.82. The summed E-state index contributed by atoms with van der Waals surface area (Å²) in [4.78, 5) is 24.2. The van der Waals surface area contributed by atoms with Crippen molar-refractivity contribution >= 4 is 23.2 Å². The van der Waals surface area contributed by atoms with Crippen LogP contribution in [-0.2, 0) is 26.3 Å². The summed E-state index contributed by atoms with van der Waals surface area (Å²) in [6.07, 6.45) is 1.13. The molecule has 0 fully saturated rings. The Bertz CT molecular complexity index is 773. The molecule has 0 bridgehead atoms. The van der Waals surface area contributed by atoms with E-state index in [0.717, 1.165) is 16.8 Å². The quantitative estimate of drug-likeness (QED) is 0.908. The van der Waals surface area contributed by atoms with Gasteiger partial charge < -0.3 is 15.4 Å². The van der Waals surface area contributed by atoms with Crippen LogP contribution >= 0.6 is 0 Å². The largest absolute Gasteiger partial charge is 0.364 e. The van der Waals surface area contributed by atoms with Crippen molar-refractivity contribution in [3.05, 3.63) is 59.7 Å². The topological polar surface area (TPSA) is 67.4 Å². The normalized spacial score (nSPS) is 15.8. The second-order valence-electron chi connectivity index (χ2n) is 5.98. The van der Waals surface area contributed by atoms with E-state index in [1.54, 1.807) is 13.0 Å². The molecule has 1 unspecified atom stereocenters. The maximum atomic E-state index is 12.8. The number of carbonyl (C=O) groups is 2. The fraction of sp³-hybridized carbons (Fsp3) is 0.263. The molecule has 124 valence electrons. The van der Waals surface area contributed by atoms with Gasteiger partial charge in [-0.05, 0) is 42.7 Å². The van der Waals surface area contributed by atoms with Crippen molar-refractivity contribution in [3.63, 3.8) is 0 Å². The molecule has 1 aliphatic heterocycles. The number of amides is 2. The molecular weight excluding hydrogens is 304 g/mol. The number of hydrogen-bond acceptors (Lipinski definition) is 3. The molecule has 0 saturated heterocycles. The number of nitrogens with one attached hydrogen (secondary N) is 2. The Labute approximate surface area is 141 Å². The van der Waals surface area contributed by atoms with Crippen molar-refractivity contribution in [1.82, 2.24) is 0 Å². The summed E-state index contributed by atoms with van der Waals surface area (Å²) in [6, 6.07) is 14.9. The van der Waals surface area contributed by atoms with Gasteiger partial charge in [-0.3, -0.25) is 9.59 Å². The van der Waals surface area contributed by atoms with Crippen LogP contribution in [0.25, 0.3) is 0 Å². The summed E-state index contributed by atoms with van der Waals surface area (Å²) in [5.41, 5.74) is 2.23. The van der Waals surface area contributed by atoms with E-state index in [0.29, 0.717) is 18.5 Å². The Morgan fingerprint density at radius 3 is 2.62 bits per heavy atom. The SMILES string of the molecule is COC(C)(C(=O)Nc1ccc2c(c1)CCC(=O)N2)c1ccccc1. The van der Waals surface area contributed by atoms with Gasteiger partial charge in [0.2, 0.25) is 5.91 Å². The molecule has 1 atom stereocenters. The number of aryl methyl sites for hydroxylation is 1. The standard InChI is InChI=1S/C19H20N2O3/c1-19(24-2,14-6-4-3-5-7-14)18(23)20-15-9-10-16-13(12-15)8-11-17(22)21-16/h3-7,9-10,12H,8,11H2,1-2H3,(H,20,23)(H,21,22). The number of anilines is 2. The van der Waals surface area contributed by atoms with Crippen molar-refractivity contribution in [2.45, 2.75) is 25.4 Å². The van der Waals surface area contributed by atoms with Crippen molar-refractivity contribution in [1.29, 1.82) is 0 Å². The van der Waals surface area contributed by atoms with Gasteiger partial charge in [-0.15, -0.1) is 0 Å². The zero-order valence-corrected chi connectivity index (χ0v) is 13.8. The third-order valence-electron chi connectivity index (χ3n) is 4.42. The Hall–Kier alpha value is -2.66. The lowest BCUT2D eigenvalue weighted by Crippen LogP contribution is -2.39. The minimum absolute atomic E-state index is 0.0234. The van der Waals surface area contributed by atoms with Crippen LogP contribution in [-0.4, -0.2) is 18.9 Å². The molecule has 0 spiro atoms. The highest BCUT2D eigenvalue weighted by Gasteiger charge is 2.35. The first-order valence-corrected chi connectivity index (χ1v) is 7.88. The zero-order chi connectivity index (χ0) is 17.2. The molecule has 24 heavy (non-hydrogen) atoms. The first kappa shape index (κ1) is 16.2. The predicted octanol–water partition coefficient (Wildman–Crippen LogP) is 3.07. The third kappa shape index (κ3) is 3.03. The minimum Gasteiger partial charge on any atom is -0.364 e. The van der Waals surface area contributed by atoms with Gasteiger partial charge in [0.15, 0.2) is 5.60 Å². The van der Waals surface area contributed by atoms with Crippen LogP contribution in [0.1, 0.15) is 24.5 Å². The van der Waals surface area contributed by atoms with Crippen LogP contribution in [0.5, 0.6) is 0 Å². The highest BCUT2D eigenvalue weighted by molar-refractivity contribution is 5.99. The fourth-order valence-corrected chi connectivity index (χ4v) is 2.81. The van der Waals surface area contributed by atoms with E-state index in [2.05, 4.69) is 10.6 Å². The number of carbonyl (C=O) groups excluding carboxylic acids is 2. The highest BCUT2D eigenvalue weighted by atomic mass is 16.5. The second-order valence-corrected chi connectivity index (χ2v) is 5.98. The van der Waals surface area contributed by atoms with Crippen LogP contribution in [0.4, 0.5) is 11.4 Å². The lowest BCUT2D eigenvalue weighted by atomic mass is 9.94. The van der Waals surface area contributed by atoms with Crippen molar-refractivity contribution in [2.75, 3.05) is 17.7 Å². The summed E-state index contributed by atoms with van der Waals surface area (Å²) in [6.45, 7) is 1.75. The summed E-state index contributed by atoms with van der Waals surface area (Å²) in [5.74, 6) is -0.216. The van der Waals surface area contributed by atoms with Gasteiger partial charge in [0.25, 0.3) is 5.91 Å². The smallest absolute Gasteiger partial charge is 0.260 e. The van der Waals surface area contributed by atoms with Gasteiger partial charge in [0, 0.05) is 24.9 Å². The van der Waals surface area contributed by atoms with E-state index in [1.807, 2.05) is 42.5 Å². The Kier molecular flexibility index (Phi) is 4.36. The number of hydrogen-bond donors (Lipinski definition) is 2. The molecule has 0 aliphatic carbocycles. The molecule has 0 radical (unpaired) electrons. The van der Waals surface area contributed by atoms with Crippen LogP contribution in [0.15, 0.2) is 48.5 Å². The first-order valence-electron chi connectivity index (χ1n) is 7.88. The number of fused-ring (bicyclic) bond motifs is 1. The number of ether oxygens (including phenoxy) is 1. The molecular formula is C19H20N2O3. The van der Waals surface area contributed by atoms with E-state index < -0.39 is 5.60 Å². The third-order valence-corrected chi connectivity index (χ3v) is 4.42. The highest BCUT2D eigenvalue weighted by Crippen LogP contribution is 2.29. The molecule has 5 nitrogen and oxygen atoms in total. The predicted molar refractivity (Wildman–Crippen MR) is 92.8 cm³/mol. The summed E-state index contributed by atoms with van der Waals surface area (Å²) < 4.78 is 5.52. The van der Waals surface area contributed by atoms with Gasteiger partial charge in [-0.1, -0.05) is 30.3 Å². The lowest BCUT2D eigenvalue weighted by molar-refractivity contribution is -0.136. The van der Waals surface area contributed by atoms with Crippen LogP contribution in [0.2, 0.25) is 0 Å². The molecule has 0 aromatic heterocycles. The molecule has 5 heteroatoms. The minimum atomic E-state index is -1.08. The Morgan fingerprint density at radius 1 is 1.17 bits per heavy atom. The monoisotopic (exact) mass is 324 g/mol. The molecule has 3 rings (SSSR count). The number of methoxy groups -OCH3 is 1. The van der Waals surface area contributed by atoms with E-state index in [1.165, 1.54) is 7.11 Å². The fourth-order valence-electron chi connectivity index (χ4n) is 2.81. The van der Waals surface area contributed by atoms with Crippen LogP contribution in [0.3, 0.4) is 0 Å². The lowest BCUT2D eigenvalue weighted by Gasteiger charge is -2.27. The zero-order valence-electron chi connectivity index (χ0n) is 13.8. The van der Waals surface area contributed by atoms with Crippen molar-refractivity contribution in [2.24, 2.45) is 0 Å². The number of benzene rings is 2. The maximum absolute atomic E-state index is 12.8. The van der Waals surface area contributed by atoms with Crippen LogP contribution in [0, 0.1) is 0 Å². The molecule has 2 aromatic carbocycles. The number of rotatable bonds is 4. The molecule has 2 aromatic rings. The second kappa shape index (κ2) is 6.45. The molecule has 1 heterocycles. The molecule has 0 saturated carbocycles. The van der Waals surface area contributed by atoms with Gasteiger partial charge in [0.05, 0.1) is 0 Å². The van der Waals surface area contributed by atoms with Crippen molar-refractivity contribution < 1.29 is 14.3 Å². The molecule has 2 N–H and O–H groups in total. The summed E-state index contributed by atoms with van der Waals surface area (Å²) in [5, 5.41) is 5.75. The van der Waals surface area contributed by atoms with Gasteiger partial charge in [-0.2, -0.15) is 0 Å². The van der Waals surface area contributed by atoms with E-state index >= 15 is 0 Å². The van der Waals surface area contributed by atoms with Crippen LogP contribution < -0.4 is 10.6 Å². The summed E-state index contributed by atoms with van der Waals surface area (Å²) >= 11 is 0. The van der Waals surface area contributed by atoms with E-state index in [4.69, 9.17) is 4.74 Å². The van der Waals surface area contributed by atoms with E-state index in [-0.39, 0.29) is 11.8 Å². The van der Waals surface area contributed by atoms with Gasteiger partial charge in [-0.25, -0.2) is 0 Å². The summed E-state index contributed by atoms with van der Waals surface area (Å²) in [7, 11) is 1.52. The van der Waals surface area contributed by atoms with Gasteiger partial charge >= 0.3 is 0 Å². The van der Waals surface area contributed by atoms with Crippen molar-refractivity contribution in [3.8, 4) is 0 Å². The maximum Gasteiger partial charge on any atom is 0.260 e. The average molecular weight is 324 g/mol. The molecule has 1 aliphatic rings.